The number of nitriles is 1. The highest BCUT2D eigenvalue weighted by atomic mass is 19.4. The summed E-state index contributed by atoms with van der Waals surface area (Å²) in [5.41, 5.74) is 0.175. The Morgan fingerprint density at radius 3 is 2.38 bits per heavy atom. The van der Waals surface area contributed by atoms with Gasteiger partial charge in [0.15, 0.2) is 6.04 Å². The van der Waals surface area contributed by atoms with Crippen molar-refractivity contribution in [2.75, 3.05) is 4.90 Å². The van der Waals surface area contributed by atoms with Gasteiger partial charge in [0.25, 0.3) is 5.91 Å². The molecule has 3 rings (SSSR count). The van der Waals surface area contributed by atoms with Crippen LogP contribution in [0.15, 0.2) is 42.5 Å². The summed E-state index contributed by atoms with van der Waals surface area (Å²) in [5.74, 6) is -1.94. The molecule has 0 aliphatic carbocycles. The van der Waals surface area contributed by atoms with Gasteiger partial charge in [0.2, 0.25) is 0 Å². The van der Waals surface area contributed by atoms with Crippen molar-refractivity contribution in [1.29, 1.82) is 5.26 Å². The molecular weight excluding hydrogens is 328 g/mol. The Kier molecular flexibility index (Phi) is 3.64. The smallest absolute Gasteiger partial charge is 0.406 e. The van der Waals surface area contributed by atoms with E-state index in [4.69, 9.17) is 0 Å². The number of amides is 1. The summed E-state index contributed by atoms with van der Waals surface area (Å²) in [6.07, 6.45) is -4.83. The number of anilines is 1. The zero-order chi connectivity index (χ0) is 17.5. The summed E-state index contributed by atoms with van der Waals surface area (Å²) in [5, 5.41) is 9.32. The topological polar surface area (TPSA) is 53.3 Å². The molecule has 2 aromatic rings. The standard InChI is InChI=1S/C16H8F4N2O2/c17-12-3-1-2-11-13(8-21)22(15(23)14(11)12)9-4-6-10(7-5-9)24-16(18,19)20/h1-7,13H. The molecular formula is C16H8F4N2O2. The van der Waals surface area contributed by atoms with Gasteiger partial charge >= 0.3 is 6.36 Å². The van der Waals surface area contributed by atoms with E-state index in [0.717, 1.165) is 23.1 Å². The Bertz CT molecular complexity index is 841. The molecule has 0 spiro atoms. The first-order valence-electron chi connectivity index (χ1n) is 6.69. The van der Waals surface area contributed by atoms with Crippen molar-refractivity contribution in [2.45, 2.75) is 12.4 Å². The van der Waals surface area contributed by atoms with Gasteiger partial charge in [-0.15, -0.1) is 13.2 Å². The number of halogens is 4. The Morgan fingerprint density at radius 1 is 1.12 bits per heavy atom. The monoisotopic (exact) mass is 336 g/mol. The lowest BCUT2D eigenvalue weighted by Gasteiger charge is -2.20. The Balaban J connectivity index is 1.97. The zero-order valence-electron chi connectivity index (χ0n) is 11.8. The molecule has 0 bridgehead atoms. The van der Waals surface area contributed by atoms with E-state index in [0.29, 0.717) is 0 Å². The Morgan fingerprint density at radius 2 is 1.79 bits per heavy atom. The van der Waals surface area contributed by atoms with Gasteiger partial charge in [-0.05, 0) is 30.3 Å². The van der Waals surface area contributed by atoms with Crippen LogP contribution in [0.5, 0.6) is 5.75 Å². The number of benzene rings is 2. The number of rotatable bonds is 2. The van der Waals surface area contributed by atoms with Crippen LogP contribution in [0.25, 0.3) is 0 Å². The van der Waals surface area contributed by atoms with Gasteiger partial charge in [0.05, 0.1) is 11.6 Å². The third-order valence-electron chi connectivity index (χ3n) is 3.50. The molecule has 0 saturated carbocycles. The maximum absolute atomic E-state index is 13.9. The number of ether oxygens (including phenoxy) is 1. The van der Waals surface area contributed by atoms with Crippen LogP contribution >= 0.6 is 0 Å². The van der Waals surface area contributed by atoms with Crippen molar-refractivity contribution in [2.24, 2.45) is 0 Å². The molecule has 1 atom stereocenters. The van der Waals surface area contributed by atoms with Gasteiger partial charge in [0, 0.05) is 11.3 Å². The third kappa shape index (κ3) is 2.65. The van der Waals surface area contributed by atoms with E-state index in [-0.39, 0.29) is 16.8 Å². The van der Waals surface area contributed by atoms with Crippen molar-refractivity contribution < 1.29 is 27.1 Å². The molecule has 2 aromatic carbocycles. The minimum Gasteiger partial charge on any atom is -0.406 e. The number of alkyl halides is 3. The molecule has 1 unspecified atom stereocenters. The molecule has 1 aliphatic rings. The van der Waals surface area contributed by atoms with Crippen molar-refractivity contribution in [3.63, 3.8) is 0 Å². The first kappa shape index (κ1) is 15.8. The summed E-state index contributed by atoms with van der Waals surface area (Å²) in [6.45, 7) is 0. The van der Waals surface area contributed by atoms with Crippen LogP contribution in [0, 0.1) is 17.1 Å². The molecule has 122 valence electrons. The number of carbonyl (C=O) groups excluding carboxylic acids is 1. The van der Waals surface area contributed by atoms with Crippen molar-refractivity contribution in [1.82, 2.24) is 0 Å². The summed E-state index contributed by atoms with van der Waals surface area (Å²) < 4.78 is 54.2. The predicted molar refractivity (Wildman–Crippen MR) is 74.7 cm³/mol. The highest BCUT2D eigenvalue weighted by Gasteiger charge is 2.40. The van der Waals surface area contributed by atoms with Crippen LogP contribution < -0.4 is 9.64 Å². The number of nitrogens with zero attached hydrogens (tertiary/aromatic N) is 2. The fourth-order valence-electron chi connectivity index (χ4n) is 2.57. The molecule has 8 heteroatoms. The summed E-state index contributed by atoms with van der Waals surface area (Å²) in [4.78, 5) is 13.5. The SMILES string of the molecule is N#CC1c2cccc(F)c2C(=O)N1c1ccc(OC(F)(F)F)cc1. The summed E-state index contributed by atoms with van der Waals surface area (Å²) in [7, 11) is 0. The lowest BCUT2D eigenvalue weighted by Crippen LogP contribution is -2.27. The maximum Gasteiger partial charge on any atom is 0.573 e. The highest BCUT2D eigenvalue weighted by Crippen LogP contribution is 2.38. The highest BCUT2D eigenvalue weighted by molar-refractivity contribution is 6.11. The average molecular weight is 336 g/mol. The van der Waals surface area contributed by atoms with Crippen LogP contribution in [0.2, 0.25) is 0 Å². The first-order chi connectivity index (χ1) is 11.3. The summed E-state index contributed by atoms with van der Waals surface area (Å²) >= 11 is 0. The molecule has 1 heterocycles. The van der Waals surface area contributed by atoms with E-state index in [1.54, 1.807) is 0 Å². The second kappa shape index (κ2) is 5.53. The molecule has 24 heavy (non-hydrogen) atoms. The second-order valence-electron chi connectivity index (χ2n) is 4.95. The van der Waals surface area contributed by atoms with Crippen LogP contribution in [0.1, 0.15) is 22.0 Å². The van der Waals surface area contributed by atoms with Gasteiger partial charge in [-0.1, -0.05) is 12.1 Å². The van der Waals surface area contributed by atoms with Gasteiger partial charge in [-0.25, -0.2) is 4.39 Å². The van der Waals surface area contributed by atoms with Crippen LogP contribution in [-0.2, 0) is 0 Å². The molecule has 1 aliphatic heterocycles. The van der Waals surface area contributed by atoms with Gasteiger partial charge in [-0.3, -0.25) is 9.69 Å². The quantitative estimate of drug-likeness (QED) is 0.780. The lowest BCUT2D eigenvalue weighted by molar-refractivity contribution is -0.274. The molecule has 0 N–H and O–H groups in total. The van der Waals surface area contributed by atoms with E-state index in [2.05, 4.69) is 4.74 Å². The van der Waals surface area contributed by atoms with Gasteiger partial charge in [-0.2, -0.15) is 5.26 Å². The van der Waals surface area contributed by atoms with E-state index < -0.39 is 29.9 Å². The number of hydrogen-bond acceptors (Lipinski definition) is 3. The van der Waals surface area contributed by atoms with Crippen molar-refractivity contribution in [3.05, 3.63) is 59.4 Å². The molecule has 4 nitrogen and oxygen atoms in total. The summed E-state index contributed by atoms with van der Waals surface area (Å²) in [6, 6.07) is 9.24. The second-order valence-corrected chi connectivity index (χ2v) is 4.95. The molecule has 0 saturated heterocycles. The van der Waals surface area contributed by atoms with Crippen molar-refractivity contribution >= 4 is 11.6 Å². The average Bonchev–Trinajstić information content (AvgIpc) is 2.80. The fraction of sp³-hybridized carbons (Fsp3) is 0.125. The lowest BCUT2D eigenvalue weighted by atomic mass is 10.1. The van der Waals surface area contributed by atoms with E-state index in [1.165, 1.54) is 24.3 Å². The molecule has 0 fully saturated rings. The Hall–Kier alpha value is -3.08. The van der Waals surface area contributed by atoms with Crippen LogP contribution in [0.3, 0.4) is 0 Å². The minimum absolute atomic E-state index is 0.164. The van der Waals surface area contributed by atoms with Gasteiger partial charge in [0.1, 0.15) is 11.6 Å². The molecule has 0 aromatic heterocycles. The van der Waals surface area contributed by atoms with E-state index in [9.17, 15) is 27.6 Å². The predicted octanol–water partition coefficient (Wildman–Crippen LogP) is 3.95. The number of fused-ring (bicyclic) bond motifs is 1. The van der Waals surface area contributed by atoms with E-state index in [1.807, 2.05) is 6.07 Å². The van der Waals surface area contributed by atoms with Crippen LogP contribution in [0.4, 0.5) is 23.2 Å². The normalized spacial score (nSPS) is 16.7. The minimum atomic E-state index is -4.83. The number of hydrogen-bond donors (Lipinski definition) is 0. The molecule has 1 amide bonds. The number of carbonyl (C=O) groups is 1. The third-order valence-corrected chi connectivity index (χ3v) is 3.50. The molecule has 0 radical (unpaired) electrons. The maximum atomic E-state index is 13.9. The van der Waals surface area contributed by atoms with Gasteiger partial charge < -0.3 is 4.74 Å². The van der Waals surface area contributed by atoms with E-state index >= 15 is 0 Å². The zero-order valence-corrected chi connectivity index (χ0v) is 11.8. The Labute approximate surface area is 133 Å². The first-order valence-corrected chi connectivity index (χ1v) is 6.69. The van der Waals surface area contributed by atoms with Crippen LogP contribution in [-0.4, -0.2) is 12.3 Å². The largest absolute Gasteiger partial charge is 0.573 e. The van der Waals surface area contributed by atoms with Crippen molar-refractivity contribution in [3.8, 4) is 11.8 Å². The fourth-order valence-corrected chi connectivity index (χ4v) is 2.57.